The van der Waals surface area contributed by atoms with Crippen LogP contribution >= 0.6 is 15.9 Å². The quantitative estimate of drug-likeness (QED) is 0.847. The van der Waals surface area contributed by atoms with Gasteiger partial charge in [0.15, 0.2) is 0 Å². The molecule has 0 saturated carbocycles. The number of furan rings is 1. The lowest BCUT2D eigenvalue weighted by Crippen LogP contribution is -2.24. The Hall–Kier alpha value is -1.13. The zero-order chi connectivity index (χ0) is 13.7. The minimum absolute atomic E-state index is 0.0974. The van der Waals surface area contributed by atoms with Crippen molar-refractivity contribution in [1.82, 2.24) is 5.32 Å². The van der Waals surface area contributed by atoms with E-state index in [1.54, 1.807) is 24.7 Å². The molecule has 2 aromatic rings. The van der Waals surface area contributed by atoms with Crippen LogP contribution in [0.15, 0.2) is 45.7 Å². The highest BCUT2D eigenvalue weighted by Crippen LogP contribution is 2.23. The molecule has 0 radical (unpaired) electrons. The minimum atomic E-state index is -0.229. The molecule has 1 N–H and O–H groups in total. The molecule has 1 atom stereocenters. The van der Waals surface area contributed by atoms with Crippen LogP contribution in [0.2, 0.25) is 0 Å². The zero-order valence-corrected chi connectivity index (χ0v) is 12.4. The minimum Gasteiger partial charge on any atom is -0.472 e. The Morgan fingerprint density at radius 1 is 1.37 bits per heavy atom. The number of halogens is 2. The fraction of sp³-hybridized carbons (Fsp3) is 0.333. The highest BCUT2D eigenvalue weighted by atomic mass is 79.9. The van der Waals surface area contributed by atoms with Crippen LogP contribution in [-0.4, -0.2) is 6.54 Å². The van der Waals surface area contributed by atoms with Crippen LogP contribution in [0.1, 0.15) is 30.5 Å². The van der Waals surface area contributed by atoms with Crippen LogP contribution in [0.25, 0.3) is 0 Å². The molecule has 0 aliphatic rings. The third kappa shape index (κ3) is 3.91. The van der Waals surface area contributed by atoms with Gasteiger partial charge in [0.1, 0.15) is 5.82 Å². The van der Waals surface area contributed by atoms with Gasteiger partial charge < -0.3 is 9.73 Å². The SMILES string of the molecule is CCCNC(Cc1ccoc1)c1ccc(Br)c(F)c1. The van der Waals surface area contributed by atoms with Crippen LogP contribution in [0.3, 0.4) is 0 Å². The third-order valence-electron chi connectivity index (χ3n) is 3.01. The van der Waals surface area contributed by atoms with E-state index < -0.39 is 0 Å². The van der Waals surface area contributed by atoms with E-state index in [4.69, 9.17) is 4.42 Å². The molecule has 0 spiro atoms. The summed E-state index contributed by atoms with van der Waals surface area (Å²) in [5.41, 5.74) is 2.06. The summed E-state index contributed by atoms with van der Waals surface area (Å²) in [5.74, 6) is -0.229. The first kappa shape index (κ1) is 14.3. The first-order chi connectivity index (χ1) is 9.20. The van der Waals surface area contributed by atoms with Crippen LogP contribution in [-0.2, 0) is 6.42 Å². The predicted octanol–water partition coefficient (Wildman–Crippen LogP) is 4.46. The summed E-state index contributed by atoms with van der Waals surface area (Å²) < 4.78 is 19.2. The molecular weight excluding hydrogens is 309 g/mol. The molecule has 0 saturated heterocycles. The number of benzene rings is 1. The lowest BCUT2D eigenvalue weighted by atomic mass is 10.0. The van der Waals surface area contributed by atoms with Gasteiger partial charge in [0.2, 0.25) is 0 Å². The third-order valence-corrected chi connectivity index (χ3v) is 3.65. The number of nitrogens with one attached hydrogen (secondary N) is 1. The van der Waals surface area contributed by atoms with Gasteiger partial charge in [0.25, 0.3) is 0 Å². The maximum absolute atomic E-state index is 13.6. The Morgan fingerprint density at radius 2 is 2.21 bits per heavy atom. The molecule has 0 aliphatic heterocycles. The first-order valence-electron chi connectivity index (χ1n) is 6.40. The number of hydrogen-bond acceptors (Lipinski definition) is 2. The molecule has 1 aromatic heterocycles. The molecule has 0 bridgehead atoms. The predicted molar refractivity (Wildman–Crippen MR) is 77.5 cm³/mol. The summed E-state index contributed by atoms with van der Waals surface area (Å²) in [7, 11) is 0. The van der Waals surface area contributed by atoms with Crippen molar-refractivity contribution in [2.45, 2.75) is 25.8 Å². The molecule has 0 fully saturated rings. The van der Waals surface area contributed by atoms with Crippen molar-refractivity contribution in [1.29, 1.82) is 0 Å². The molecule has 19 heavy (non-hydrogen) atoms. The highest BCUT2D eigenvalue weighted by molar-refractivity contribution is 9.10. The Morgan fingerprint density at radius 3 is 2.84 bits per heavy atom. The molecule has 1 heterocycles. The highest BCUT2D eigenvalue weighted by Gasteiger charge is 2.14. The van der Waals surface area contributed by atoms with Gasteiger partial charge in [-0.3, -0.25) is 0 Å². The van der Waals surface area contributed by atoms with E-state index in [1.807, 2.05) is 12.1 Å². The molecule has 2 rings (SSSR count). The van der Waals surface area contributed by atoms with E-state index >= 15 is 0 Å². The second-order valence-corrected chi connectivity index (χ2v) is 5.37. The van der Waals surface area contributed by atoms with Crippen molar-refractivity contribution in [3.8, 4) is 0 Å². The van der Waals surface area contributed by atoms with Crippen molar-refractivity contribution in [2.24, 2.45) is 0 Å². The zero-order valence-electron chi connectivity index (χ0n) is 10.8. The lowest BCUT2D eigenvalue weighted by molar-refractivity contribution is 0.516. The fourth-order valence-corrected chi connectivity index (χ4v) is 2.25. The normalized spacial score (nSPS) is 12.6. The monoisotopic (exact) mass is 325 g/mol. The number of rotatable bonds is 6. The maximum atomic E-state index is 13.6. The summed E-state index contributed by atoms with van der Waals surface area (Å²) in [4.78, 5) is 0. The van der Waals surface area contributed by atoms with E-state index in [2.05, 4.69) is 28.2 Å². The summed E-state index contributed by atoms with van der Waals surface area (Å²) in [6.07, 6.45) is 5.22. The Labute approximate surface area is 121 Å². The van der Waals surface area contributed by atoms with Gasteiger partial charge in [-0.25, -0.2) is 4.39 Å². The van der Waals surface area contributed by atoms with E-state index in [-0.39, 0.29) is 11.9 Å². The first-order valence-corrected chi connectivity index (χ1v) is 7.19. The molecule has 0 aliphatic carbocycles. The molecular formula is C15H17BrFNO. The van der Waals surface area contributed by atoms with Gasteiger partial charge in [0.05, 0.1) is 17.0 Å². The second kappa shape index (κ2) is 6.87. The number of hydrogen-bond donors (Lipinski definition) is 1. The Bertz CT molecular complexity index is 513. The summed E-state index contributed by atoms with van der Waals surface area (Å²) in [6.45, 7) is 3.02. The molecule has 4 heteroatoms. The molecule has 1 unspecified atom stereocenters. The van der Waals surface area contributed by atoms with Crippen molar-refractivity contribution in [3.05, 3.63) is 58.2 Å². The Kier molecular flexibility index (Phi) is 5.16. The summed E-state index contributed by atoms with van der Waals surface area (Å²) in [6, 6.07) is 7.31. The largest absolute Gasteiger partial charge is 0.472 e. The van der Waals surface area contributed by atoms with E-state index in [0.29, 0.717) is 4.47 Å². The van der Waals surface area contributed by atoms with Crippen molar-refractivity contribution in [2.75, 3.05) is 6.54 Å². The smallest absolute Gasteiger partial charge is 0.137 e. The topological polar surface area (TPSA) is 25.2 Å². The van der Waals surface area contributed by atoms with Gasteiger partial charge in [-0.1, -0.05) is 13.0 Å². The van der Waals surface area contributed by atoms with Gasteiger partial charge >= 0.3 is 0 Å². The van der Waals surface area contributed by atoms with Gasteiger partial charge in [-0.15, -0.1) is 0 Å². The van der Waals surface area contributed by atoms with Gasteiger partial charge in [-0.2, -0.15) is 0 Å². The fourth-order valence-electron chi connectivity index (χ4n) is 2.00. The van der Waals surface area contributed by atoms with Crippen molar-refractivity contribution in [3.63, 3.8) is 0 Å². The molecule has 1 aromatic carbocycles. The van der Waals surface area contributed by atoms with Gasteiger partial charge in [-0.05, 0) is 64.6 Å². The second-order valence-electron chi connectivity index (χ2n) is 4.52. The van der Waals surface area contributed by atoms with Crippen LogP contribution in [0, 0.1) is 5.82 Å². The average molecular weight is 326 g/mol. The summed E-state index contributed by atoms with van der Waals surface area (Å²) in [5, 5.41) is 3.45. The van der Waals surface area contributed by atoms with E-state index in [9.17, 15) is 4.39 Å². The van der Waals surface area contributed by atoms with Crippen LogP contribution < -0.4 is 5.32 Å². The van der Waals surface area contributed by atoms with E-state index in [0.717, 1.165) is 30.5 Å². The van der Waals surface area contributed by atoms with Crippen LogP contribution in [0.4, 0.5) is 4.39 Å². The van der Waals surface area contributed by atoms with E-state index in [1.165, 1.54) is 0 Å². The molecule has 2 nitrogen and oxygen atoms in total. The van der Waals surface area contributed by atoms with Crippen molar-refractivity contribution >= 4 is 15.9 Å². The van der Waals surface area contributed by atoms with Crippen molar-refractivity contribution < 1.29 is 8.81 Å². The molecule has 0 amide bonds. The maximum Gasteiger partial charge on any atom is 0.137 e. The lowest BCUT2D eigenvalue weighted by Gasteiger charge is -2.18. The Balaban J connectivity index is 2.18. The van der Waals surface area contributed by atoms with Crippen LogP contribution in [0.5, 0.6) is 0 Å². The molecule has 102 valence electrons. The summed E-state index contributed by atoms with van der Waals surface area (Å²) >= 11 is 3.18. The standard InChI is InChI=1S/C15H17BrFNO/c1-2-6-18-15(8-11-5-7-19-10-11)12-3-4-13(16)14(17)9-12/h3-5,7,9-10,15,18H,2,6,8H2,1H3. The average Bonchev–Trinajstić information content (AvgIpc) is 2.91. The van der Waals surface area contributed by atoms with Gasteiger partial charge in [0, 0.05) is 6.04 Å².